The number of aromatic nitrogens is 2. The molecule has 1 aromatic carbocycles. The van der Waals surface area contributed by atoms with Crippen molar-refractivity contribution in [1.82, 2.24) is 15.1 Å². The molecule has 0 bridgehead atoms. The number of carboxylic acid groups (broad SMARTS) is 1. The van der Waals surface area contributed by atoms with E-state index >= 15 is 0 Å². The number of nitrogens with one attached hydrogen (secondary N) is 2. The fourth-order valence-electron chi connectivity index (χ4n) is 2.24. The first-order valence-corrected chi connectivity index (χ1v) is 7.37. The summed E-state index contributed by atoms with van der Waals surface area (Å²) in [6.07, 6.45) is 0.425. The second-order valence-electron chi connectivity index (χ2n) is 5.17. The standard InChI is InChI=1S/C16H20N4O3/c1-11-15(18-16(23)17-10-6-9-14(21)22)12(2)20(19-11)13-7-4-3-5-8-13/h3-5,7-8H,6,9-10H2,1-2H3,(H,21,22)(H2,17,18,23). The van der Waals surface area contributed by atoms with Gasteiger partial charge in [0.15, 0.2) is 0 Å². The predicted octanol–water partition coefficient (Wildman–Crippen LogP) is 2.48. The number of nitrogens with zero attached hydrogens (tertiary/aromatic N) is 2. The number of anilines is 1. The zero-order chi connectivity index (χ0) is 16.8. The third-order valence-electron chi connectivity index (χ3n) is 3.38. The van der Waals surface area contributed by atoms with Crippen LogP contribution in [0.3, 0.4) is 0 Å². The van der Waals surface area contributed by atoms with Gasteiger partial charge in [0.05, 0.1) is 22.8 Å². The van der Waals surface area contributed by atoms with Crippen molar-refractivity contribution < 1.29 is 14.7 Å². The molecule has 0 aliphatic carbocycles. The van der Waals surface area contributed by atoms with Crippen molar-refractivity contribution in [1.29, 1.82) is 0 Å². The van der Waals surface area contributed by atoms with Gasteiger partial charge in [0.2, 0.25) is 0 Å². The van der Waals surface area contributed by atoms with Gasteiger partial charge in [0.1, 0.15) is 0 Å². The van der Waals surface area contributed by atoms with Crippen molar-refractivity contribution in [2.45, 2.75) is 26.7 Å². The van der Waals surface area contributed by atoms with E-state index in [-0.39, 0.29) is 12.5 Å². The van der Waals surface area contributed by atoms with E-state index in [1.807, 2.05) is 44.2 Å². The van der Waals surface area contributed by atoms with Crippen LogP contribution >= 0.6 is 0 Å². The number of hydrogen-bond acceptors (Lipinski definition) is 3. The van der Waals surface area contributed by atoms with Crippen molar-refractivity contribution in [3.8, 4) is 5.69 Å². The van der Waals surface area contributed by atoms with Crippen molar-refractivity contribution in [3.05, 3.63) is 41.7 Å². The summed E-state index contributed by atoms with van der Waals surface area (Å²) in [6, 6.07) is 9.29. The average molecular weight is 316 g/mol. The molecule has 0 saturated carbocycles. The SMILES string of the molecule is Cc1nn(-c2ccccc2)c(C)c1NC(=O)NCCCC(=O)O. The summed E-state index contributed by atoms with van der Waals surface area (Å²) in [6.45, 7) is 4.02. The first kappa shape index (κ1) is 16.5. The monoisotopic (exact) mass is 316 g/mol. The fraction of sp³-hybridized carbons (Fsp3) is 0.312. The van der Waals surface area contributed by atoms with E-state index in [0.29, 0.717) is 24.3 Å². The lowest BCUT2D eigenvalue weighted by molar-refractivity contribution is -0.137. The number of carboxylic acids is 1. The minimum Gasteiger partial charge on any atom is -0.481 e. The van der Waals surface area contributed by atoms with Gasteiger partial charge in [-0.2, -0.15) is 5.10 Å². The van der Waals surface area contributed by atoms with Gasteiger partial charge in [-0.1, -0.05) is 18.2 Å². The van der Waals surface area contributed by atoms with Gasteiger partial charge in [-0.15, -0.1) is 0 Å². The lowest BCUT2D eigenvalue weighted by Gasteiger charge is -2.08. The molecule has 7 nitrogen and oxygen atoms in total. The van der Waals surface area contributed by atoms with Gasteiger partial charge in [-0.05, 0) is 32.4 Å². The van der Waals surface area contributed by atoms with Crippen molar-refractivity contribution in [2.24, 2.45) is 0 Å². The summed E-state index contributed by atoms with van der Waals surface area (Å²) >= 11 is 0. The number of aryl methyl sites for hydroxylation is 1. The van der Waals surface area contributed by atoms with Crippen molar-refractivity contribution in [2.75, 3.05) is 11.9 Å². The number of para-hydroxylation sites is 1. The number of hydrogen-bond donors (Lipinski definition) is 3. The van der Waals surface area contributed by atoms with Crippen LogP contribution in [0.1, 0.15) is 24.2 Å². The Morgan fingerprint density at radius 2 is 1.91 bits per heavy atom. The predicted molar refractivity (Wildman–Crippen MR) is 86.9 cm³/mol. The van der Waals surface area contributed by atoms with E-state index in [0.717, 1.165) is 11.4 Å². The molecule has 0 aliphatic heterocycles. The maximum atomic E-state index is 11.9. The van der Waals surface area contributed by atoms with Crippen molar-refractivity contribution >= 4 is 17.7 Å². The molecule has 23 heavy (non-hydrogen) atoms. The summed E-state index contributed by atoms with van der Waals surface area (Å²) in [5.74, 6) is -0.872. The molecule has 0 aliphatic rings. The lowest BCUT2D eigenvalue weighted by Crippen LogP contribution is -2.30. The molecule has 0 saturated heterocycles. The number of aliphatic carboxylic acids is 1. The molecule has 0 atom stereocenters. The molecule has 0 spiro atoms. The molecule has 2 amide bonds. The van der Waals surface area contributed by atoms with Crippen LogP contribution in [0.15, 0.2) is 30.3 Å². The Hall–Kier alpha value is -2.83. The van der Waals surface area contributed by atoms with Gasteiger partial charge in [0.25, 0.3) is 0 Å². The number of urea groups is 1. The third-order valence-corrected chi connectivity index (χ3v) is 3.38. The van der Waals surface area contributed by atoms with Crippen LogP contribution in [-0.2, 0) is 4.79 Å². The van der Waals surface area contributed by atoms with Crippen LogP contribution in [0.4, 0.5) is 10.5 Å². The second-order valence-corrected chi connectivity index (χ2v) is 5.17. The Morgan fingerprint density at radius 1 is 1.22 bits per heavy atom. The molecule has 0 radical (unpaired) electrons. The van der Waals surface area contributed by atoms with Gasteiger partial charge in [-0.3, -0.25) is 4.79 Å². The maximum absolute atomic E-state index is 11.9. The van der Waals surface area contributed by atoms with E-state index in [4.69, 9.17) is 5.11 Å². The molecule has 0 fully saturated rings. The van der Waals surface area contributed by atoms with Crippen molar-refractivity contribution in [3.63, 3.8) is 0 Å². The highest BCUT2D eigenvalue weighted by Crippen LogP contribution is 2.22. The molecule has 1 aromatic heterocycles. The average Bonchev–Trinajstić information content (AvgIpc) is 2.80. The molecule has 122 valence electrons. The topological polar surface area (TPSA) is 96.3 Å². The maximum Gasteiger partial charge on any atom is 0.319 e. The first-order valence-electron chi connectivity index (χ1n) is 7.37. The summed E-state index contributed by atoms with van der Waals surface area (Å²) in [7, 11) is 0. The molecule has 3 N–H and O–H groups in total. The van der Waals surface area contributed by atoms with Crippen LogP contribution in [0.5, 0.6) is 0 Å². The Kier molecular flexibility index (Phi) is 5.35. The molecular weight excluding hydrogens is 296 g/mol. The number of rotatable bonds is 6. The summed E-state index contributed by atoms with van der Waals surface area (Å²) in [5, 5.41) is 18.4. The van der Waals surface area contributed by atoms with E-state index in [2.05, 4.69) is 15.7 Å². The third kappa shape index (κ3) is 4.32. The molecular formula is C16H20N4O3. The Labute approximate surface area is 134 Å². The second kappa shape index (κ2) is 7.44. The van der Waals surface area contributed by atoms with E-state index in [1.165, 1.54) is 0 Å². The summed E-state index contributed by atoms with van der Waals surface area (Å²) < 4.78 is 1.77. The highest BCUT2D eigenvalue weighted by molar-refractivity contribution is 5.90. The summed E-state index contributed by atoms with van der Waals surface area (Å²) in [5.41, 5.74) is 3.12. The quantitative estimate of drug-likeness (QED) is 0.713. The molecule has 0 unspecified atom stereocenters. The smallest absolute Gasteiger partial charge is 0.319 e. The number of carbonyl (C=O) groups excluding carboxylic acids is 1. The van der Waals surface area contributed by atoms with Crippen LogP contribution in [-0.4, -0.2) is 33.4 Å². The van der Waals surface area contributed by atoms with Crippen LogP contribution in [0.2, 0.25) is 0 Å². The minimum absolute atomic E-state index is 0.0320. The zero-order valence-corrected chi connectivity index (χ0v) is 13.2. The Bertz CT molecular complexity index is 695. The van der Waals surface area contributed by atoms with Crippen LogP contribution in [0, 0.1) is 13.8 Å². The fourth-order valence-corrected chi connectivity index (χ4v) is 2.24. The van der Waals surface area contributed by atoms with Crippen LogP contribution in [0.25, 0.3) is 5.69 Å². The van der Waals surface area contributed by atoms with Gasteiger partial charge in [0, 0.05) is 13.0 Å². The Morgan fingerprint density at radius 3 is 2.57 bits per heavy atom. The minimum atomic E-state index is -0.872. The lowest BCUT2D eigenvalue weighted by atomic mass is 10.3. The zero-order valence-electron chi connectivity index (χ0n) is 13.2. The summed E-state index contributed by atoms with van der Waals surface area (Å²) in [4.78, 5) is 22.3. The van der Waals surface area contributed by atoms with Gasteiger partial charge < -0.3 is 15.7 Å². The molecule has 1 heterocycles. The highest BCUT2D eigenvalue weighted by atomic mass is 16.4. The first-order chi connectivity index (χ1) is 11.0. The van der Waals surface area contributed by atoms with Gasteiger partial charge in [-0.25, -0.2) is 9.48 Å². The number of benzene rings is 1. The normalized spacial score (nSPS) is 10.3. The molecule has 2 rings (SSSR count). The largest absolute Gasteiger partial charge is 0.481 e. The van der Waals surface area contributed by atoms with Gasteiger partial charge >= 0.3 is 12.0 Å². The highest BCUT2D eigenvalue weighted by Gasteiger charge is 2.14. The number of carbonyl (C=O) groups is 2. The molecule has 2 aromatic rings. The number of amides is 2. The van der Waals surface area contributed by atoms with E-state index < -0.39 is 5.97 Å². The van der Waals surface area contributed by atoms with Crippen LogP contribution < -0.4 is 10.6 Å². The van der Waals surface area contributed by atoms with E-state index in [1.54, 1.807) is 4.68 Å². The molecule has 7 heteroatoms. The Balaban J connectivity index is 2.02. The van der Waals surface area contributed by atoms with E-state index in [9.17, 15) is 9.59 Å².